The molecule has 0 bridgehead atoms. The number of fused-ring (bicyclic) bond motifs is 1. The minimum absolute atomic E-state index is 0.140. The van der Waals surface area contributed by atoms with E-state index in [1.54, 1.807) is 15.9 Å². The minimum Gasteiger partial charge on any atom is -0.492 e. The van der Waals surface area contributed by atoms with Crippen molar-refractivity contribution < 1.29 is 10.0 Å². The van der Waals surface area contributed by atoms with Crippen LogP contribution >= 0.6 is 11.3 Å². The van der Waals surface area contributed by atoms with Crippen molar-refractivity contribution in [1.82, 2.24) is 14.6 Å². The number of aryl methyl sites for hydroxylation is 2. The van der Waals surface area contributed by atoms with Gasteiger partial charge in [-0.1, -0.05) is 42.0 Å². The van der Waals surface area contributed by atoms with Gasteiger partial charge in [0.15, 0.2) is 6.04 Å². The molecule has 4 rings (SSSR count). The van der Waals surface area contributed by atoms with Gasteiger partial charge in [0.05, 0.1) is 13.1 Å². The van der Waals surface area contributed by atoms with Crippen LogP contribution < -0.4 is 4.90 Å². The number of rotatable bonds is 3. The summed E-state index contributed by atoms with van der Waals surface area (Å²) in [4.78, 5) is 7.72. The van der Waals surface area contributed by atoms with Gasteiger partial charge >= 0.3 is 0 Å². The predicted molar refractivity (Wildman–Crippen MR) is 99.4 cm³/mol. The second-order valence-electron chi connectivity index (χ2n) is 7.33. The first kappa shape index (κ1) is 16.5. The van der Waals surface area contributed by atoms with Gasteiger partial charge in [0, 0.05) is 5.56 Å². The number of thiazole rings is 1. The lowest BCUT2D eigenvalue weighted by Crippen LogP contribution is -3.13. The lowest BCUT2D eigenvalue weighted by atomic mass is 9.94. The Hall–Kier alpha value is -1.92. The zero-order valence-electron chi connectivity index (χ0n) is 15.0. The highest BCUT2D eigenvalue weighted by atomic mass is 32.1. The maximum Gasteiger partial charge on any atom is 0.235 e. The first-order valence-electron chi connectivity index (χ1n) is 8.99. The normalized spacial score (nSPS) is 22.4. The van der Waals surface area contributed by atoms with Gasteiger partial charge in [-0.15, -0.1) is 5.10 Å². The SMILES string of the molecule is Cc1cccc([C@@H](c2sc3nc(C)nn3c2O)[NH+]2CCC(C)CC2)c1. The van der Waals surface area contributed by atoms with Crippen LogP contribution in [-0.2, 0) is 0 Å². The smallest absolute Gasteiger partial charge is 0.235 e. The van der Waals surface area contributed by atoms with Crippen LogP contribution in [0.1, 0.15) is 47.6 Å². The number of hydrogen-bond donors (Lipinski definition) is 2. The summed E-state index contributed by atoms with van der Waals surface area (Å²) < 4.78 is 1.59. The Kier molecular flexibility index (Phi) is 4.25. The van der Waals surface area contributed by atoms with Gasteiger partial charge in [-0.2, -0.15) is 4.52 Å². The summed E-state index contributed by atoms with van der Waals surface area (Å²) in [6, 6.07) is 8.81. The number of aromatic hydroxyl groups is 1. The van der Waals surface area contributed by atoms with E-state index in [1.807, 2.05) is 6.92 Å². The molecule has 5 nitrogen and oxygen atoms in total. The maximum atomic E-state index is 10.8. The summed E-state index contributed by atoms with van der Waals surface area (Å²) in [5, 5.41) is 15.2. The van der Waals surface area contributed by atoms with Crippen LogP contribution in [0.5, 0.6) is 5.88 Å². The van der Waals surface area contributed by atoms with Gasteiger partial charge in [0.1, 0.15) is 10.7 Å². The molecule has 0 saturated carbocycles. The number of aromatic nitrogens is 3. The van der Waals surface area contributed by atoms with Gasteiger partial charge in [0.25, 0.3) is 0 Å². The Morgan fingerprint density at radius 3 is 2.72 bits per heavy atom. The third-order valence-corrected chi connectivity index (χ3v) is 6.35. The average Bonchev–Trinajstić information content (AvgIpc) is 3.08. The molecule has 1 aliphatic rings. The summed E-state index contributed by atoms with van der Waals surface area (Å²) in [6.07, 6.45) is 2.47. The third kappa shape index (κ3) is 3.04. The molecule has 3 aromatic rings. The van der Waals surface area contributed by atoms with Gasteiger partial charge in [0.2, 0.25) is 10.8 Å². The van der Waals surface area contributed by atoms with Crippen molar-refractivity contribution in [3.63, 3.8) is 0 Å². The number of quaternary nitrogens is 1. The van der Waals surface area contributed by atoms with Gasteiger partial charge in [-0.3, -0.25) is 0 Å². The van der Waals surface area contributed by atoms with E-state index in [1.165, 1.54) is 28.9 Å². The molecule has 0 amide bonds. The molecule has 1 aromatic carbocycles. The fourth-order valence-electron chi connectivity index (χ4n) is 3.88. The zero-order chi connectivity index (χ0) is 17.6. The Balaban J connectivity index is 1.81. The van der Waals surface area contributed by atoms with Crippen LogP contribution in [0.15, 0.2) is 24.3 Å². The maximum absolute atomic E-state index is 10.8. The Bertz CT molecular complexity index is 892. The molecule has 3 heterocycles. The van der Waals surface area contributed by atoms with Crippen molar-refractivity contribution in [2.45, 2.75) is 39.7 Å². The van der Waals surface area contributed by atoms with Crippen molar-refractivity contribution in [2.24, 2.45) is 5.92 Å². The van der Waals surface area contributed by atoms with Crippen molar-refractivity contribution in [3.05, 3.63) is 46.1 Å². The predicted octanol–water partition coefficient (Wildman–Crippen LogP) is 2.52. The van der Waals surface area contributed by atoms with E-state index in [-0.39, 0.29) is 11.9 Å². The summed E-state index contributed by atoms with van der Waals surface area (Å²) in [5.74, 6) is 1.73. The van der Waals surface area contributed by atoms with Crippen LogP contribution in [0.4, 0.5) is 0 Å². The molecule has 1 atom stereocenters. The Morgan fingerprint density at radius 2 is 2.04 bits per heavy atom. The number of benzene rings is 1. The lowest BCUT2D eigenvalue weighted by molar-refractivity contribution is -0.931. The summed E-state index contributed by atoms with van der Waals surface area (Å²) in [5.41, 5.74) is 2.52. The average molecular weight is 358 g/mol. The van der Waals surface area contributed by atoms with E-state index in [0.717, 1.165) is 28.8 Å². The largest absolute Gasteiger partial charge is 0.492 e. The molecule has 0 spiro atoms. The van der Waals surface area contributed by atoms with Crippen LogP contribution in [0.3, 0.4) is 0 Å². The molecule has 1 saturated heterocycles. The second kappa shape index (κ2) is 6.42. The summed E-state index contributed by atoms with van der Waals surface area (Å²) in [7, 11) is 0. The molecule has 132 valence electrons. The van der Waals surface area contributed by atoms with Crippen molar-refractivity contribution in [2.75, 3.05) is 13.1 Å². The van der Waals surface area contributed by atoms with E-state index in [0.29, 0.717) is 5.82 Å². The molecule has 0 aliphatic carbocycles. The van der Waals surface area contributed by atoms with Crippen LogP contribution in [0, 0.1) is 19.8 Å². The number of piperidine rings is 1. The molecule has 6 heteroatoms. The molecule has 1 aliphatic heterocycles. The van der Waals surface area contributed by atoms with Gasteiger partial charge in [-0.05, 0) is 38.7 Å². The highest BCUT2D eigenvalue weighted by molar-refractivity contribution is 7.17. The van der Waals surface area contributed by atoms with E-state index >= 15 is 0 Å². The van der Waals surface area contributed by atoms with Gasteiger partial charge < -0.3 is 10.0 Å². The lowest BCUT2D eigenvalue weighted by Gasteiger charge is -2.33. The van der Waals surface area contributed by atoms with E-state index in [9.17, 15) is 5.11 Å². The molecule has 1 fully saturated rings. The first-order chi connectivity index (χ1) is 12.0. The van der Waals surface area contributed by atoms with Crippen molar-refractivity contribution >= 4 is 16.3 Å². The quantitative estimate of drug-likeness (QED) is 0.757. The topological polar surface area (TPSA) is 54.9 Å². The highest BCUT2D eigenvalue weighted by Crippen LogP contribution is 2.35. The fraction of sp³-hybridized carbons (Fsp3) is 0.474. The number of likely N-dealkylation sites (tertiary alicyclic amines) is 1. The van der Waals surface area contributed by atoms with E-state index < -0.39 is 0 Å². The highest BCUT2D eigenvalue weighted by Gasteiger charge is 2.34. The third-order valence-electron chi connectivity index (χ3n) is 5.27. The Labute approximate surface area is 151 Å². The summed E-state index contributed by atoms with van der Waals surface area (Å²) >= 11 is 1.57. The van der Waals surface area contributed by atoms with E-state index in [2.05, 4.69) is 48.2 Å². The zero-order valence-corrected chi connectivity index (χ0v) is 15.8. The fourth-order valence-corrected chi connectivity index (χ4v) is 5.07. The summed E-state index contributed by atoms with van der Waals surface area (Å²) in [6.45, 7) is 8.58. The number of nitrogens with one attached hydrogen (secondary N) is 1. The molecule has 2 N–H and O–H groups in total. The molecular weight excluding hydrogens is 332 g/mol. The van der Waals surface area contributed by atoms with Crippen molar-refractivity contribution in [3.8, 4) is 5.88 Å². The van der Waals surface area contributed by atoms with Crippen LogP contribution in [0.2, 0.25) is 0 Å². The van der Waals surface area contributed by atoms with Gasteiger partial charge in [-0.25, -0.2) is 4.98 Å². The second-order valence-corrected chi connectivity index (χ2v) is 8.34. The molecule has 25 heavy (non-hydrogen) atoms. The molecule has 0 radical (unpaired) electrons. The number of nitrogens with zero attached hydrogens (tertiary/aromatic N) is 3. The van der Waals surface area contributed by atoms with Crippen LogP contribution in [0.25, 0.3) is 4.96 Å². The monoisotopic (exact) mass is 357 g/mol. The van der Waals surface area contributed by atoms with Crippen molar-refractivity contribution in [1.29, 1.82) is 0 Å². The first-order valence-corrected chi connectivity index (χ1v) is 9.80. The Morgan fingerprint density at radius 1 is 1.28 bits per heavy atom. The molecule has 2 aromatic heterocycles. The van der Waals surface area contributed by atoms with Crippen LogP contribution in [-0.4, -0.2) is 32.8 Å². The molecule has 0 unspecified atom stereocenters. The molecular formula is C19H25N4OS+. The standard InChI is InChI=1S/C19H24N4OS/c1-12-7-9-22(10-8-12)16(15-6-4-5-13(2)11-15)17-18(24)23-19(25-17)20-14(3)21-23/h4-6,11-12,16,24H,7-10H2,1-3H3/p+1/t16-/m0/s1. The number of hydrogen-bond acceptors (Lipinski definition) is 4. The van der Waals surface area contributed by atoms with E-state index in [4.69, 9.17) is 0 Å². The minimum atomic E-state index is 0.140.